The number of carbonyl (C=O) groups is 2. The van der Waals surface area contributed by atoms with E-state index in [0.29, 0.717) is 30.5 Å². The van der Waals surface area contributed by atoms with Crippen molar-refractivity contribution in [2.75, 3.05) is 19.6 Å². The van der Waals surface area contributed by atoms with E-state index in [9.17, 15) is 18.0 Å². The van der Waals surface area contributed by atoms with Gasteiger partial charge < -0.3 is 10.0 Å². The molecule has 0 saturated carbocycles. The number of carboxylic acid groups (broad SMARTS) is 1. The maximum atomic E-state index is 12.7. The van der Waals surface area contributed by atoms with Gasteiger partial charge >= 0.3 is 5.97 Å². The molecule has 7 nitrogen and oxygen atoms in total. The van der Waals surface area contributed by atoms with Gasteiger partial charge in [-0.05, 0) is 37.5 Å². The highest BCUT2D eigenvalue weighted by atomic mass is 32.2. The monoisotopic (exact) mass is 354 g/mol. The van der Waals surface area contributed by atoms with Gasteiger partial charge in [-0.25, -0.2) is 13.1 Å². The molecule has 2 rings (SSSR count). The average molecular weight is 354 g/mol. The largest absolute Gasteiger partial charge is 0.481 e. The Hall–Kier alpha value is -1.93. The highest BCUT2D eigenvalue weighted by molar-refractivity contribution is 7.89. The third-order valence-electron chi connectivity index (χ3n) is 4.14. The van der Waals surface area contributed by atoms with Crippen LogP contribution in [0.25, 0.3) is 0 Å². The number of hydrogen-bond donors (Lipinski definition) is 2. The lowest BCUT2D eigenvalue weighted by molar-refractivity contribution is -0.143. The van der Waals surface area contributed by atoms with E-state index in [1.807, 2.05) is 0 Å². The molecule has 8 heteroatoms. The summed E-state index contributed by atoms with van der Waals surface area (Å²) in [7, 11) is -3.65. The Morgan fingerprint density at radius 2 is 2.08 bits per heavy atom. The first kappa shape index (κ1) is 18.4. The van der Waals surface area contributed by atoms with Gasteiger partial charge in [0.25, 0.3) is 5.91 Å². The van der Waals surface area contributed by atoms with E-state index in [1.54, 1.807) is 19.9 Å². The van der Waals surface area contributed by atoms with Crippen molar-refractivity contribution in [1.82, 2.24) is 9.62 Å². The Labute approximate surface area is 141 Å². The van der Waals surface area contributed by atoms with Crippen LogP contribution < -0.4 is 4.72 Å². The summed E-state index contributed by atoms with van der Waals surface area (Å²) in [6.45, 7) is 4.29. The highest BCUT2D eigenvalue weighted by Gasteiger charge is 2.29. The Balaban J connectivity index is 2.30. The summed E-state index contributed by atoms with van der Waals surface area (Å²) in [5, 5.41) is 9.15. The van der Waals surface area contributed by atoms with Crippen LogP contribution >= 0.6 is 0 Å². The molecule has 1 atom stereocenters. The zero-order valence-corrected chi connectivity index (χ0v) is 14.6. The molecule has 1 heterocycles. The molecule has 1 aromatic rings. The van der Waals surface area contributed by atoms with Gasteiger partial charge in [0.2, 0.25) is 10.0 Å². The topological polar surface area (TPSA) is 104 Å². The van der Waals surface area contributed by atoms with Crippen molar-refractivity contribution in [2.45, 2.75) is 31.6 Å². The third-order valence-corrected chi connectivity index (χ3v) is 5.69. The number of amides is 1. The number of sulfonamides is 1. The molecule has 24 heavy (non-hydrogen) atoms. The van der Waals surface area contributed by atoms with Gasteiger partial charge in [0.05, 0.1) is 10.8 Å². The average Bonchev–Trinajstić information content (AvgIpc) is 2.54. The van der Waals surface area contributed by atoms with Gasteiger partial charge in [-0.2, -0.15) is 0 Å². The second-order valence-electron chi connectivity index (χ2n) is 5.91. The first-order chi connectivity index (χ1) is 11.3. The molecule has 0 aliphatic carbocycles. The van der Waals surface area contributed by atoms with Crippen molar-refractivity contribution in [3.8, 4) is 0 Å². The zero-order valence-electron chi connectivity index (χ0n) is 13.8. The number of benzene rings is 1. The van der Waals surface area contributed by atoms with Crippen LogP contribution in [0, 0.1) is 12.8 Å². The minimum absolute atomic E-state index is 0.0325. The summed E-state index contributed by atoms with van der Waals surface area (Å²) in [4.78, 5) is 25.4. The number of nitrogens with one attached hydrogen (secondary N) is 1. The number of piperidine rings is 1. The molecule has 1 amide bonds. The Morgan fingerprint density at radius 1 is 1.38 bits per heavy atom. The number of carbonyl (C=O) groups excluding carboxylic acids is 1. The van der Waals surface area contributed by atoms with Crippen molar-refractivity contribution < 1.29 is 23.1 Å². The van der Waals surface area contributed by atoms with Gasteiger partial charge in [0, 0.05) is 25.2 Å². The summed E-state index contributed by atoms with van der Waals surface area (Å²) < 4.78 is 26.6. The number of carboxylic acids is 1. The lowest BCUT2D eigenvalue weighted by Gasteiger charge is -2.31. The fourth-order valence-electron chi connectivity index (χ4n) is 2.81. The number of nitrogens with zero attached hydrogens (tertiary/aromatic N) is 1. The zero-order chi connectivity index (χ0) is 17.9. The first-order valence-electron chi connectivity index (χ1n) is 7.88. The first-order valence-corrected chi connectivity index (χ1v) is 9.37. The number of likely N-dealkylation sites (tertiary alicyclic amines) is 1. The summed E-state index contributed by atoms with van der Waals surface area (Å²) in [5.74, 6) is -1.81. The second kappa shape index (κ2) is 7.31. The van der Waals surface area contributed by atoms with Crippen LogP contribution in [0.2, 0.25) is 0 Å². The van der Waals surface area contributed by atoms with Crippen molar-refractivity contribution in [3.05, 3.63) is 29.3 Å². The van der Waals surface area contributed by atoms with E-state index in [0.717, 1.165) is 0 Å². The maximum Gasteiger partial charge on any atom is 0.308 e. The normalized spacial score (nSPS) is 18.4. The lowest BCUT2D eigenvalue weighted by Crippen LogP contribution is -2.42. The molecule has 0 bridgehead atoms. The number of hydrogen-bond acceptors (Lipinski definition) is 4. The number of rotatable bonds is 5. The van der Waals surface area contributed by atoms with Crippen LogP contribution in [0.15, 0.2) is 23.1 Å². The molecule has 2 N–H and O–H groups in total. The Morgan fingerprint density at radius 3 is 2.71 bits per heavy atom. The molecular formula is C16H22N2O5S. The van der Waals surface area contributed by atoms with Crippen molar-refractivity contribution in [1.29, 1.82) is 0 Å². The van der Waals surface area contributed by atoms with E-state index >= 15 is 0 Å². The fraction of sp³-hybridized carbons (Fsp3) is 0.500. The molecule has 132 valence electrons. The number of aliphatic carboxylic acids is 1. The van der Waals surface area contributed by atoms with Gasteiger partial charge in [0.15, 0.2) is 0 Å². The molecular weight excluding hydrogens is 332 g/mol. The van der Waals surface area contributed by atoms with E-state index in [4.69, 9.17) is 5.11 Å². The minimum atomic E-state index is -3.65. The van der Waals surface area contributed by atoms with Crippen LogP contribution in [0.1, 0.15) is 35.7 Å². The van der Waals surface area contributed by atoms with Gasteiger partial charge in [-0.3, -0.25) is 9.59 Å². The van der Waals surface area contributed by atoms with Crippen molar-refractivity contribution in [3.63, 3.8) is 0 Å². The fourth-order valence-corrected chi connectivity index (χ4v) is 3.87. The maximum absolute atomic E-state index is 12.7. The molecule has 1 fully saturated rings. The molecule has 0 spiro atoms. The number of aryl methyl sites for hydroxylation is 1. The smallest absolute Gasteiger partial charge is 0.308 e. The van der Waals surface area contributed by atoms with Crippen LogP contribution in [0.3, 0.4) is 0 Å². The third kappa shape index (κ3) is 3.93. The van der Waals surface area contributed by atoms with Gasteiger partial charge in [-0.1, -0.05) is 13.0 Å². The van der Waals surface area contributed by atoms with Crippen LogP contribution in [0.5, 0.6) is 0 Å². The summed E-state index contributed by atoms with van der Waals surface area (Å²) >= 11 is 0. The van der Waals surface area contributed by atoms with E-state index in [1.165, 1.54) is 17.0 Å². The Bertz CT molecular complexity index is 745. The van der Waals surface area contributed by atoms with E-state index in [2.05, 4.69) is 4.72 Å². The second-order valence-corrected chi connectivity index (χ2v) is 7.67. The van der Waals surface area contributed by atoms with E-state index < -0.39 is 21.9 Å². The molecule has 0 radical (unpaired) electrons. The van der Waals surface area contributed by atoms with Crippen molar-refractivity contribution >= 4 is 21.9 Å². The summed E-state index contributed by atoms with van der Waals surface area (Å²) in [6, 6.07) is 4.41. The van der Waals surface area contributed by atoms with Crippen LogP contribution in [-0.4, -0.2) is 49.9 Å². The molecule has 0 aromatic heterocycles. The molecule has 0 unspecified atom stereocenters. The summed E-state index contributed by atoms with van der Waals surface area (Å²) in [5.41, 5.74) is 0.952. The minimum Gasteiger partial charge on any atom is -0.481 e. The SMILES string of the molecule is CCNS(=O)(=O)c1ccc(C)c(C(=O)N2CCC[C@H](C(=O)O)C2)c1. The van der Waals surface area contributed by atoms with E-state index in [-0.39, 0.29) is 23.9 Å². The highest BCUT2D eigenvalue weighted by Crippen LogP contribution is 2.22. The van der Waals surface area contributed by atoms with Gasteiger partial charge in [0.1, 0.15) is 0 Å². The summed E-state index contributed by atoms with van der Waals surface area (Å²) in [6.07, 6.45) is 1.17. The lowest BCUT2D eigenvalue weighted by atomic mass is 9.97. The predicted molar refractivity (Wildman–Crippen MR) is 88.3 cm³/mol. The predicted octanol–water partition coefficient (Wildman–Crippen LogP) is 1.23. The standard InChI is InChI=1S/C16H22N2O5S/c1-3-17-24(22,23)13-7-6-11(2)14(9-13)15(19)18-8-4-5-12(10-18)16(20)21/h6-7,9,12,17H,3-5,8,10H2,1-2H3,(H,20,21)/t12-/m0/s1. The molecule has 1 saturated heterocycles. The van der Waals surface area contributed by atoms with Gasteiger partial charge in [-0.15, -0.1) is 0 Å². The molecule has 1 aliphatic heterocycles. The van der Waals surface area contributed by atoms with Crippen molar-refractivity contribution in [2.24, 2.45) is 5.92 Å². The Kier molecular flexibility index (Phi) is 5.61. The molecule has 1 aromatic carbocycles. The molecule has 1 aliphatic rings. The van der Waals surface area contributed by atoms with Crippen LogP contribution in [-0.2, 0) is 14.8 Å². The quantitative estimate of drug-likeness (QED) is 0.828. The van der Waals surface area contributed by atoms with Crippen LogP contribution in [0.4, 0.5) is 0 Å².